The topological polar surface area (TPSA) is 15.3 Å². The number of nitrogens with one attached hydrogen (secondary N) is 1. The van der Waals surface area contributed by atoms with E-state index in [0.29, 0.717) is 5.02 Å². The van der Waals surface area contributed by atoms with E-state index in [-0.39, 0.29) is 6.04 Å². The van der Waals surface area contributed by atoms with Gasteiger partial charge in [-0.25, -0.2) is 0 Å². The second-order valence-corrected chi connectivity index (χ2v) is 7.51. The Bertz CT molecular complexity index is 713. The van der Waals surface area contributed by atoms with Crippen molar-refractivity contribution in [2.45, 2.75) is 26.8 Å². The van der Waals surface area contributed by atoms with Gasteiger partial charge in [0.25, 0.3) is 0 Å². The molecule has 0 bridgehead atoms. The average Bonchev–Trinajstić information content (AvgIpc) is 2.52. The van der Waals surface area contributed by atoms with Crippen molar-refractivity contribution in [3.63, 3.8) is 0 Å². The number of piperazine rings is 1. The van der Waals surface area contributed by atoms with Gasteiger partial charge in [-0.2, -0.15) is 0 Å². The van der Waals surface area contributed by atoms with Gasteiger partial charge >= 0.3 is 0 Å². The number of nitrogens with zero attached hydrogens (tertiary/aromatic N) is 1. The van der Waals surface area contributed by atoms with Crippen LogP contribution in [0, 0.1) is 20.8 Å². The molecular formula is C20H24Cl2N2. The first kappa shape index (κ1) is 17.8. The van der Waals surface area contributed by atoms with E-state index in [1.54, 1.807) is 0 Å². The first-order valence-corrected chi connectivity index (χ1v) is 9.20. The molecule has 0 radical (unpaired) electrons. The van der Waals surface area contributed by atoms with Crippen molar-refractivity contribution in [2.24, 2.45) is 0 Å². The lowest BCUT2D eigenvalue weighted by Crippen LogP contribution is -2.45. The predicted octanol–water partition coefficient (Wildman–Crippen LogP) is 4.91. The SMILES string of the molecule is Cc1cc(C)c(C(c2ccc(Cl)cc2Cl)N2CCNCC2)c(C)c1. The molecule has 2 nitrogen and oxygen atoms in total. The molecule has 1 heterocycles. The van der Waals surface area contributed by atoms with Crippen LogP contribution < -0.4 is 5.32 Å². The smallest absolute Gasteiger partial charge is 0.0622 e. The van der Waals surface area contributed by atoms with Crippen LogP contribution >= 0.6 is 23.2 Å². The Kier molecular flexibility index (Phi) is 5.51. The van der Waals surface area contributed by atoms with Crippen LogP contribution in [0.25, 0.3) is 0 Å². The van der Waals surface area contributed by atoms with Gasteiger partial charge < -0.3 is 5.32 Å². The lowest BCUT2D eigenvalue weighted by atomic mass is 9.88. The van der Waals surface area contributed by atoms with Crippen LogP contribution in [0.15, 0.2) is 30.3 Å². The predicted molar refractivity (Wildman–Crippen MR) is 103 cm³/mol. The molecular weight excluding hydrogens is 339 g/mol. The van der Waals surface area contributed by atoms with Crippen LogP contribution in [0.3, 0.4) is 0 Å². The third-order valence-corrected chi connectivity index (χ3v) is 5.35. The molecule has 1 unspecified atom stereocenters. The molecule has 0 saturated carbocycles. The van der Waals surface area contributed by atoms with E-state index in [0.717, 1.165) is 36.8 Å². The number of aryl methyl sites for hydroxylation is 3. The van der Waals surface area contributed by atoms with Gasteiger partial charge in [0.1, 0.15) is 0 Å². The molecule has 0 aliphatic carbocycles. The molecule has 1 aliphatic rings. The highest BCUT2D eigenvalue weighted by Crippen LogP contribution is 2.38. The first-order valence-electron chi connectivity index (χ1n) is 8.45. The van der Waals surface area contributed by atoms with E-state index < -0.39 is 0 Å². The van der Waals surface area contributed by atoms with E-state index in [1.807, 2.05) is 12.1 Å². The summed E-state index contributed by atoms with van der Waals surface area (Å²) in [5.74, 6) is 0. The molecule has 0 amide bonds. The normalized spacial score (nSPS) is 17.0. The van der Waals surface area contributed by atoms with E-state index in [9.17, 15) is 0 Å². The van der Waals surface area contributed by atoms with Crippen LogP contribution in [0.2, 0.25) is 10.0 Å². The molecule has 3 rings (SSSR count). The molecule has 2 aromatic carbocycles. The molecule has 1 fully saturated rings. The summed E-state index contributed by atoms with van der Waals surface area (Å²) < 4.78 is 0. The van der Waals surface area contributed by atoms with E-state index in [4.69, 9.17) is 23.2 Å². The lowest BCUT2D eigenvalue weighted by molar-refractivity contribution is 0.197. The van der Waals surface area contributed by atoms with Gasteiger partial charge in [0.2, 0.25) is 0 Å². The van der Waals surface area contributed by atoms with Gasteiger partial charge in [0.15, 0.2) is 0 Å². The maximum absolute atomic E-state index is 6.60. The standard InChI is InChI=1S/C20H24Cl2N2/c1-13-10-14(2)19(15(3)11-13)20(24-8-6-23-7-9-24)17-5-4-16(21)12-18(17)22/h4-5,10-12,20,23H,6-9H2,1-3H3. The Labute approximate surface area is 154 Å². The fraction of sp³-hybridized carbons (Fsp3) is 0.400. The number of rotatable bonds is 3. The van der Waals surface area contributed by atoms with Gasteiger partial charge in [-0.1, -0.05) is 47.0 Å². The summed E-state index contributed by atoms with van der Waals surface area (Å²) in [6, 6.07) is 10.6. The fourth-order valence-corrected chi connectivity index (χ4v) is 4.33. The van der Waals surface area contributed by atoms with E-state index in [1.165, 1.54) is 22.3 Å². The van der Waals surface area contributed by atoms with Crippen molar-refractivity contribution in [2.75, 3.05) is 26.2 Å². The summed E-state index contributed by atoms with van der Waals surface area (Å²) in [5.41, 5.74) is 6.45. The molecule has 0 aromatic heterocycles. The van der Waals surface area contributed by atoms with Gasteiger partial charge in [-0.15, -0.1) is 0 Å². The summed E-state index contributed by atoms with van der Waals surface area (Å²) in [6.07, 6.45) is 0. The van der Waals surface area contributed by atoms with Crippen LogP contribution in [0.4, 0.5) is 0 Å². The number of halogens is 2. The fourth-order valence-electron chi connectivity index (χ4n) is 3.82. The summed E-state index contributed by atoms with van der Waals surface area (Å²) in [7, 11) is 0. The summed E-state index contributed by atoms with van der Waals surface area (Å²) >= 11 is 12.7. The van der Waals surface area contributed by atoms with Crippen LogP contribution in [0.1, 0.15) is 33.9 Å². The Morgan fingerprint density at radius 3 is 2.17 bits per heavy atom. The number of benzene rings is 2. The monoisotopic (exact) mass is 362 g/mol. The van der Waals surface area contributed by atoms with Crippen LogP contribution in [0.5, 0.6) is 0 Å². The summed E-state index contributed by atoms with van der Waals surface area (Å²) in [4.78, 5) is 2.52. The zero-order valence-corrected chi connectivity index (χ0v) is 16.0. The molecule has 0 spiro atoms. The minimum absolute atomic E-state index is 0.164. The van der Waals surface area contributed by atoms with Crippen molar-refractivity contribution in [3.8, 4) is 0 Å². The van der Waals surface area contributed by atoms with Gasteiger partial charge in [0, 0.05) is 36.2 Å². The van der Waals surface area contributed by atoms with Gasteiger partial charge in [-0.05, 0) is 55.2 Å². The van der Waals surface area contributed by atoms with Crippen molar-refractivity contribution in [1.82, 2.24) is 10.2 Å². The Morgan fingerprint density at radius 1 is 0.958 bits per heavy atom. The maximum atomic E-state index is 6.60. The van der Waals surface area contributed by atoms with Crippen molar-refractivity contribution in [1.29, 1.82) is 0 Å². The summed E-state index contributed by atoms with van der Waals surface area (Å²) in [6.45, 7) is 10.6. The van der Waals surface area contributed by atoms with Crippen molar-refractivity contribution in [3.05, 3.63) is 68.2 Å². The highest BCUT2D eigenvalue weighted by Gasteiger charge is 2.28. The molecule has 1 N–H and O–H groups in total. The highest BCUT2D eigenvalue weighted by molar-refractivity contribution is 6.35. The molecule has 1 saturated heterocycles. The third-order valence-electron chi connectivity index (χ3n) is 4.79. The second kappa shape index (κ2) is 7.45. The molecule has 4 heteroatoms. The van der Waals surface area contributed by atoms with Gasteiger partial charge in [-0.3, -0.25) is 4.90 Å². The highest BCUT2D eigenvalue weighted by atomic mass is 35.5. The zero-order valence-electron chi connectivity index (χ0n) is 14.5. The van der Waals surface area contributed by atoms with Crippen LogP contribution in [-0.2, 0) is 0 Å². The molecule has 24 heavy (non-hydrogen) atoms. The minimum atomic E-state index is 0.164. The zero-order chi connectivity index (χ0) is 17.3. The largest absolute Gasteiger partial charge is 0.314 e. The number of hydrogen-bond donors (Lipinski definition) is 1. The lowest BCUT2D eigenvalue weighted by Gasteiger charge is -2.37. The van der Waals surface area contributed by atoms with Crippen LogP contribution in [-0.4, -0.2) is 31.1 Å². The van der Waals surface area contributed by atoms with E-state index in [2.05, 4.69) is 49.2 Å². The van der Waals surface area contributed by atoms with Crippen molar-refractivity contribution < 1.29 is 0 Å². The minimum Gasteiger partial charge on any atom is -0.314 e. The van der Waals surface area contributed by atoms with E-state index >= 15 is 0 Å². The Morgan fingerprint density at radius 2 is 1.58 bits per heavy atom. The Hall–Kier alpha value is -1.06. The second-order valence-electron chi connectivity index (χ2n) is 6.67. The number of hydrogen-bond acceptors (Lipinski definition) is 2. The van der Waals surface area contributed by atoms with Crippen molar-refractivity contribution >= 4 is 23.2 Å². The quantitative estimate of drug-likeness (QED) is 0.833. The Balaban J connectivity index is 2.15. The third kappa shape index (κ3) is 3.62. The van der Waals surface area contributed by atoms with Gasteiger partial charge in [0.05, 0.1) is 6.04 Å². The first-order chi connectivity index (χ1) is 11.5. The molecule has 2 aromatic rings. The summed E-state index contributed by atoms with van der Waals surface area (Å²) in [5, 5.41) is 4.86. The molecule has 1 aliphatic heterocycles. The maximum Gasteiger partial charge on any atom is 0.0622 e. The molecule has 128 valence electrons. The molecule has 1 atom stereocenters. The average molecular weight is 363 g/mol.